The van der Waals surface area contributed by atoms with Crippen LogP contribution in [-0.4, -0.2) is 21.9 Å². The standard InChI is InChI=1S/C27H44O2/c1-19-10-13-23(28)18-22(19)12-11-21-9-7-17-27(5)24(14-15-25(21)27)20(2)8-6-16-26(3,4)29/h11-12,20,23-25,28-29H,1,6-10,13-18H2,2-5H3/b21-11?,22-12-/t20-,23-,24-,25+,27-/m1/s1. The van der Waals surface area contributed by atoms with Crippen molar-refractivity contribution in [1.82, 2.24) is 0 Å². The summed E-state index contributed by atoms with van der Waals surface area (Å²) in [7, 11) is 0. The summed E-state index contributed by atoms with van der Waals surface area (Å²) in [6.07, 6.45) is 16.9. The van der Waals surface area contributed by atoms with Gasteiger partial charge in [-0.1, -0.05) is 56.6 Å². The molecule has 3 aliphatic carbocycles. The SMILES string of the molecule is C=C1CC[C@@H](O)C/C1=C/C=C1CCC[C@]2(C)[C@@H]([C@H](C)CCCC(C)(C)O)CC[C@@H]12. The number of aliphatic hydroxyl groups is 2. The van der Waals surface area contributed by atoms with Gasteiger partial charge in [-0.15, -0.1) is 0 Å². The first-order chi connectivity index (χ1) is 13.6. The van der Waals surface area contributed by atoms with Crippen LogP contribution in [0.1, 0.15) is 98.3 Å². The van der Waals surface area contributed by atoms with Crippen LogP contribution in [0, 0.1) is 23.2 Å². The van der Waals surface area contributed by atoms with E-state index in [2.05, 4.69) is 32.6 Å². The number of rotatable bonds is 6. The molecule has 3 rings (SSSR count). The number of hydrogen-bond acceptors (Lipinski definition) is 2. The Bertz CT molecular complexity index is 650. The van der Waals surface area contributed by atoms with Gasteiger partial charge in [-0.3, -0.25) is 0 Å². The molecule has 0 aromatic rings. The monoisotopic (exact) mass is 400 g/mol. The van der Waals surface area contributed by atoms with Crippen LogP contribution in [-0.2, 0) is 0 Å². The molecule has 3 fully saturated rings. The molecule has 29 heavy (non-hydrogen) atoms. The smallest absolute Gasteiger partial charge is 0.0591 e. The van der Waals surface area contributed by atoms with Crippen molar-refractivity contribution in [2.24, 2.45) is 23.2 Å². The van der Waals surface area contributed by atoms with Gasteiger partial charge in [0.15, 0.2) is 0 Å². The van der Waals surface area contributed by atoms with Crippen LogP contribution < -0.4 is 0 Å². The highest BCUT2D eigenvalue weighted by molar-refractivity contribution is 5.36. The summed E-state index contributed by atoms with van der Waals surface area (Å²) >= 11 is 0. The van der Waals surface area contributed by atoms with E-state index in [1.165, 1.54) is 49.7 Å². The van der Waals surface area contributed by atoms with Crippen LogP contribution in [0.25, 0.3) is 0 Å². The van der Waals surface area contributed by atoms with E-state index >= 15 is 0 Å². The summed E-state index contributed by atoms with van der Waals surface area (Å²) in [4.78, 5) is 0. The Kier molecular flexibility index (Phi) is 7.16. The molecule has 0 aliphatic heterocycles. The molecule has 0 spiro atoms. The lowest BCUT2D eigenvalue weighted by Gasteiger charge is -2.44. The van der Waals surface area contributed by atoms with Crippen molar-refractivity contribution in [3.05, 3.63) is 35.5 Å². The second-order valence-corrected chi connectivity index (χ2v) is 11.2. The van der Waals surface area contributed by atoms with Crippen LogP contribution in [0.15, 0.2) is 35.5 Å². The van der Waals surface area contributed by atoms with Gasteiger partial charge in [0.2, 0.25) is 0 Å². The summed E-state index contributed by atoms with van der Waals surface area (Å²) in [5.74, 6) is 2.26. The van der Waals surface area contributed by atoms with E-state index in [-0.39, 0.29) is 6.10 Å². The van der Waals surface area contributed by atoms with Crippen molar-refractivity contribution in [2.75, 3.05) is 0 Å². The molecule has 164 valence electrons. The van der Waals surface area contributed by atoms with Gasteiger partial charge in [-0.2, -0.15) is 0 Å². The van der Waals surface area contributed by atoms with Crippen molar-refractivity contribution in [3.8, 4) is 0 Å². The summed E-state index contributed by atoms with van der Waals surface area (Å²) in [5.41, 5.74) is 4.02. The minimum atomic E-state index is -0.535. The molecule has 0 unspecified atom stereocenters. The normalized spacial score (nSPS) is 37.2. The molecule has 0 aromatic heterocycles. The number of fused-ring (bicyclic) bond motifs is 1. The Hall–Kier alpha value is -0.860. The molecule has 0 bridgehead atoms. The minimum Gasteiger partial charge on any atom is -0.393 e. The maximum atomic E-state index is 10.0. The number of aliphatic hydroxyl groups excluding tert-OH is 1. The van der Waals surface area contributed by atoms with Gasteiger partial charge in [0.1, 0.15) is 0 Å². The van der Waals surface area contributed by atoms with Crippen LogP contribution in [0.5, 0.6) is 0 Å². The molecular formula is C27H44O2. The lowest BCUT2D eigenvalue weighted by molar-refractivity contribution is 0.0596. The summed E-state index contributed by atoms with van der Waals surface area (Å²) in [6.45, 7) is 13.1. The molecule has 0 radical (unpaired) electrons. The summed E-state index contributed by atoms with van der Waals surface area (Å²) in [6, 6.07) is 0. The minimum absolute atomic E-state index is 0.192. The van der Waals surface area contributed by atoms with Crippen LogP contribution in [0.2, 0.25) is 0 Å². The predicted octanol–water partition coefficient (Wildman–Crippen LogP) is 6.73. The maximum Gasteiger partial charge on any atom is 0.0591 e. The molecular weight excluding hydrogens is 356 g/mol. The first kappa shape index (κ1) is 22.8. The van der Waals surface area contributed by atoms with Crippen molar-refractivity contribution in [2.45, 2.75) is 110 Å². The topological polar surface area (TPSA) is 40.5 Å². The molecule has 5 atom stereocenters. The molecule has 3 saturated carbocycles. The van der Waals surface area contributed by atoms with Crippen LogP contribution >= 0.6 is 0 Å². The Labute approximate surface area is 179 Å². The third kappa shape index (κ3) is 5.44. The summed E-state index contributed by atoms with van der Waals surface area (Å²) < 4.78 is 0. The molecule has 0 heterocycles. The molecule has 0 amide bonds. The Morgan fingerprint density at radius 1 is 1.21 bits per heavy atom. The van der Waals surface area contributed by atoms with Gasteiger partial charge in [-0.05, 0) is 100 Å². The Morgan fingerprint density at radius 3 is 2.69 bits per heavy atom. The lowest BCUT2D eigenvalue weighted by Crippen LogP contribution is -2.36. The first-order valence-corrected chi connectivity index (χ1v) is 12.1. The average molecular weight is 401 g/mol. The molecule has 2 N–H and O–H groups in total. The van der Waals surface area contributed by atoms with Crippen molar-refractivity contribution in [1.29, 1.82) is 0 Å². The largest absolute Gasteiger partial charge is 0.393 e. The Morgan fingerprint density at radius 2 is 1.97 bits per heavy atom. The summed E-state index contributed by atoms with van der Waals surface area (Å²) in [5, 5.41) is 20.1. The van der Waals surface area contributed by atoms with Crippen LogP contribution in [0.3, 0.4) is 0 Å². The fraction of sp³-hybridized carbons (Fsp3) is 0.778. The average Bonchev–Trinajstić information content (AvgIpc) is 2.99. The Balaban J connectivity index is 1.68. The highest BCUT2D eigenvalue weighted by Gasteiger charge is 2.50. The second-order valence-electron chi connectivity index (χ2n) is 11.2. The van der Waals surface area contributed by atoms with E-state index in [9.17, 15) is 10.2 Å². The molecule has 0 aromatic carbocycles. The fourth-order valence-corrected chi connectivity index (χ4v) is 6.67. The van der Waals surface area contributed by atoms with Gasteiger partial charge in [0.05, 0.1) is 11.7 Å². The van der Waals surface area contributed by atoms with Crippen molar-refractivity contribution < 1.29 is 10.2 Å². The van der Waals surface area contributed by atoms with Gasteiger partial charge in [-0.25, -0.2) is 0 Å². The zero-order valence-corrected chi connectivity index (χ0v) is 19.3. The van der Waals surface area contributed by atoms with Crippen molar-refractivity contribution in [3.63, 3.8) is 0 Å². The molecule has 0 saturated heterocycles. The molecule has 3 aliphatic rings. The van der Waals surface area contributed by atoms with Crippen LogP contribution in [0.4, 0.5) is 0 Å². The van der Waals surface area contributed by atoms with Gasteiger partial charge < -0.3 is 10.2 Å². The van der Waals surface area contributed by atoms with E-state index < -0.39 is 5.60 Å². The lowest BCUT2D eigenvalue weighted by atomic mass is 9.60. The van der Waals surface area contributed by atoms with E-state index in [0.717, 1.165) is 49.9 Å². The third-order valence-corrected chi connectivity index (χ3v) is 8.36. The van der Waals surface area contributed by atoms with E-state index in [0.29, 0.717) is 5.41 Å². The number of hydrogen-bond donors (Lipinski definition) is 2. The van der Waals surface area contributed by atoms with Gasteiger partial charge in [0, 0.05) is 0 Å². The zero-order valence-electron chi connectivity index (χ0n) is 19.3. The predicted molar refractivity (Wildman–Crippen MR) is 123 cm³/mol. The highest BCUT2D eigenvalue weighted by atomic mass is 16.3. The maximum absolute atomic E-state index is 10.0. The zero-order chi connectivity index (χ0) is 21.2. The second kappa shape index (κ2) is 9.10. The first-order valence-electron chi connectivity index (χ1n) is 12.1. The third-order valence-electron chi connectivity index (χ3n) is 8.36. The van der Waals surface area contributed by atoms with E-state index in [1.54, 1.807) is 5.57 Å². The highest BCUT2D eigenvalue weighted by Crippen LogP contribution is 2.60. The number of allylic oxidation sites excluding steroid dienone is 4. The van der Waals surface area contributed by atoms with Gasteiger partial charge >= 0.3 is 0 Å². The van der Waals surface area contributed by atoms with E-state index in [1.807, 2.05) is 13.8 Å². The molecule has 2 nitrogen and oxygen atoms in total. The fourth-order valence-electron chi connectivity index (χ4n) is 6.67. The van der Waals surface area contributed by atoms with Crippen molar-refractivity contribution >= 4 is 0 Å². The molecule has 2 heteroatoms. The van der Waals surface area contributed by atoms with Gasteiger partial charge in [0.25, 0.3) is 0 Å². The van der Waals surface area contributed by atoms with E-state index in [4.69, 9.17) is 0 Å². The quantitative estimate of drug-likeness (QED) is 0.518.